The Morgan fingerprint density at radius 2 is 2.12 bits per heavy atom. The minimum absolute atomic E-state index is 0.323. The van der Waals surface area contributed by atoms with E-state index in [0.29, 0.717) is 11.8 Å². The Kier molecular flexibility index (Phi) is 2.53. The molecule has 4 atom stereocenters. The molecule has 0 amide bonds. The number of allylic oxidation sites excluding steroid dienone is 1. The molecule has 1 saturated carbocycles. The highest BCUT2D eigenvalue weighted by Gasteiger charge is 2.39. The predicted octanol–water partition coefficient (Wildman–Crippen LogP) is 2.74. The molecule has 0 aromatic carbocycles. The van der Waals surface area contributed by atoms with E-state index in [2.05, 4.69) is 18.0 Å². The second kappa shape index (κ2) is 3.90. The molecule has 0 spiro atoms. The largest absolute Gasteiger partial charge is 0.371 e. The van der Waals surface area contributed by atoms with Gasteiger partial charge in [-0.25, -0.2) is 0 Å². The normalized spacial score (nSPS) is 42.8. The first-order chi connectivity index (χ1) is 7.74. The third kappa shape index (κ3) is 1.68. The van der Waals surface area contributed by atoms with Gasteiger partial charge in [-0.1, -0.05) is 6.92 Å². The molecule has 2 heterocycles. The van der Waals surface area contributed by atoms with E-state index in [9.17, 15) is 4.79 Å². The molecule has 2 heteroatoms. The van der Waals surface area contributed by atoms with Crippen LogP contribution in [0.1, 0.15) is 45.4 Å². The van der Waals surface area contributed by atoms with Crippen LogP contribution in [0.25, 0.3) is 0 Å². The minimum atomic E-state index is 0.323. The van der Waals surface area contributed by atoms with Gasteiger partial charge < -0.3 is 4.90 Å². The number of nitrogens with zero attached hydrogens (tertiary/aromatic N) is 1. The zero-order valence-electron chi connectivity index (χ0n) is 10.1. The Morgan fingerprint density at radius 3 is 3.00 bits per heavy atom. The fourth-order valence-corrected chi connectivity index (χ4v) is 3.92. The van der Waals surface area contributed by atoms with Crippen molar-refractivity contribution < 1.29 is 4.79 Å². The van der Waals surface area contributed by atoms with Crippen LogP contribution >= 0.6 is 0 Å². The van der Waals surface area contributed by atoms with E-state index in [0.717, 1.165) is 24.3 Å². The van der Waals surface area contributed by atoms with Gasteiger partial charge in [0.1, 0.15) is 0 Å². The average Bonchev–Trinajstić information content (AvgIpc) is 2.28. The van der Waals surface area contributed by atoms with Gasteiger partial charge in [-0.2, -0.15) is 0 Å². The van der Waals surface area contributed by atoms with Crippen molar-refractivity contribution in [2.45, 2.75) is 57.5 Å². The van der Waals surface area contributed by atoms with Gasteiger partial charge in [-0.3, -0.25) is 4.79 Å². The van der Waals surface area contributed by atoms with Crippen molar-refractivity contribution >= 4 is 5.78 Å². The third-order valence-electron chi connectivity index (χ3n) is 4.75. The molecule has 88 valence electrons. The fraction of sp³-hybridized carbons (Fsp3) is 0.786. The summed E-state index contributed by atoms with van der Waals surface area (Å²) in [6, 6.07) is 1.26. The molecule has 0 bridgehead atoms. The van der Waals surface area contributed by atoms with E-state index < -0.39 is 0 Å². The fourth-order valence-electron chi connectivity index (χ4n) is 3.92. The van der Waals surface area contributed by atoms with E-state index in [1.54, 1.807) is 6.08 Å². The summed E-state index contributed by atoms with van der Waals surface area (Å²) in [6.07, 6.45) is 11.3. The van der Waals surface area contributed by atoms with E-state index in [4.69, 9.17) is 0 Å². The molecule has 16 heavy (non-hydrogen) atoms. The summed E-state index contributed by atoms with van der Waals surface area (Å²) in [5.41, 5.74) is 0. The van der Waals surface area contributed by atoms with E-state index in [-0.39, 0.29) is 0 Å². The van der Waals surface area contributed by atoms with Crippen LogP contribution in [0.15, 0.2) is 12.3 Å². The number of hydrogen-bond acceptors (Lipinski definition) is 2. The molecule has 1 saturated heterocycles. The second-order valence-corrected chi connectivity index (χ2v) is 5.91. The van der Waals surface area contributed by atoms with Gasteiger partial charge in [0.15, 0.2) is 5.78 Å². The number of hydrogen-bond donors (Lipinski definition) is 0. The molecule has 0 radical (unpaired) electrons. The highest BCUT2D eigenvalue weighted by Crippen LogP contribution is 2.41. The molecule has 2 nitrogen and oxygen atoms in total. The van der Waals surface area contributed by atoms with Crippen LogP contribution in [0.2, 0.25) is 0 Å². The number of carbonyl (C=O) groups excluding carboxylic acids is 1. The highest BCUT2D eigenvalue weighted by molar-refractivity contribution is 5.90. The zero-order chi connectivity index (χ0) is 11.1. The van der Waals surface area contributed by atoms with Gasteiger partial charge in [0.25, 0.3) is 0 Å². The molecule has 2 aliphatic heterocycles. The van der Waals surface area contributed by atoms with Crippen molar-refractivity contribution in [3.05, 3.63) is 12.3 Å². The molecule has 3 rings (SSSR count). The number of fused-ring (bicyclic) bond motifs is 3. The van der Waals surface area contributed by atoms with Gasteiger partial charge in [-0.15, -0.1) is 0 Å². The van der Waals surface area contributed by atoms with Gasteiger partial charge >= 0.3 is 0 Å². The van der Waals surface area contributed by atoms with Crippen molar-refractivity contribution in [2.75, 3.05) is 0 Å². The molecule has 3 aliphatic rings. The lowest BCUT2D eigenvalue weighted by atomic mass is 9.72. The summed E-state index contributed by atoms with van der Waals surface area (Å²) in [4.78, 5) is 13.9. The number of rotatable bonds is 0. The monoisotopic (exact) mass is 219 g/mol. The summed E-state index contributed by atoms with van der Waals surface area (Å²) < 4.78 is 0. The van der Waals surface area contributed by atoms with Gasteiger partial charge in [-0.05, 0) is 50.0 Å². The Morgan fingerprint density at radius 1 is 1.25 bits per heavy atom. The minimum Gasteiger partial charge on any atom is -0.371 e. The second-order valence-electron chi connectivity index (χ2n) is 5.91. The molecule has 2 fully saturated rings. The molecule has 1 aliphatic carbocycles. The lowest BCUT2D eigenvalue weighted by Gasteiger charge is -2.50. The van der Waals surface area contributed by atoms with Gasteiger partial charge in [0.2, 0.25) is 0 Å². The lowest BCUT2D eigenvalue weighted by Crippen LogP contribution is -2.52. The Labute approximate surface area is 97.7 Å². The quantitative estimate of drug-likeness (QED) is 0.624. The first kappa shape index (κ1) is 10.4. The maximum atomic E-state index is 11.4. The van der Waals surface area contributed by atoms with Crippen LogP contribution in [0.3, 0.4) is 0 Å². The third-order valence-corrected chi connectivity index (χ3v) is 4.75. The molecular weight excluding hydrogens is 198 g/mol. The van der Waals surface area contributed by atoms with E-state index in [1.807, 2.05) is 0 Å². The van der Waals surface area contributed by atoms with Crippen molar-refractivity contribution in [3.8, 4) is 0 Å². The van der Waals surface area contributed by atoms with Crippen LogP contribution in [0.5, 0.6) is 0 Å². The van der Waals surface area contributed by atoms with Crippen molar-refractivity contribution in [3.63, 3.8) is 0 Å². The van der Waals surface area contributed by atoms with Crippen LogP contribution in [0.4, 0.5) is 0 Å². The summed E-state index contributed by atoms with van der Waals surface area (Å²) in [5.74, 6) is 2.12. The van der Waals surface area contributed by atoms with Gasteiger partial charge in [0.05, 0.1) is 0 Å². The SMILES string of the molecule is CC1CCC2C(CCC3CC(=O)C=CN32)C1. The topological polar surface area (TPSA) is 20.3 Å². The number of piperidine rings is 1. The first-order valence-electron chi connectivity index (χ1n) is 6.72. The molecule has 0 N–H and O–H groups in total. The number of ketones is 1. The summed E-state index contributed by atoms with van der Waals surface area (Å²) in [6.45, 7) is 2.39. The Balaban J connectivity index is 1.79. The predicted molar refractivity (Wildman–Crippen MR) is 63.9 cm³/mol. The summed E-state index contributed by atoms with van der Waals surface area (Å²) in [7, 11) is 0. The van der Waals surface area contributed by atoms with Crippen LogP contribution in [0, 0.1) is 11.8 Å². The van der Waals surface area contributed by atoms with Crippen LogP contribution < -0.4 is 0 Å². The maximum Gasteiger partial charge on any atom is 0.159 e. The van der Waals surface area contributed by atoms with Crippen molar-refractivity contribution in [1.29, 1.82) is 0 Å². The smallest absolute Gasteiger partial charge is 0.159 e. The molecule has 0 aromatic heterocycles. The van der Waals surface area contributed by atoms with Crippen LogP contribution in [-0.4, -0.2) is 22.8 Å². The maximum absolute atomic E-state index is 11.4. The lowest BCUT2D eigenvalue weighted by molar-refractivity contribution is -0.117. The molecule has 0 aromatic rings. The Bertz CT molecular complexity index is 323. The standard InChI is InChI=1S/C14H21NO/c1-10-2-5-14-11(8-10)3-4-12-9-13(16)6-7-15(12)14/h6-7,10-12,14H,2-5,8-9H2,1H3. The molecule has 4 unspecified atom stereocenters. The summed E-state index contributed by atoms with van der Waals surface area (Å²) >= 11 is 0. The number of carbonyl (C=O) groups is 1. The first-order valence-corrected chi connectivity index (χ1v) is 6.72. The van der Waals surface area contributed by atoms with Crippen molar-refractivity contribution in [2.24, 2.45) is 11.8 Å². The van der Waals surface area contributed by atoms with Crippen LogP contribution in [-0.2, 0) is 4.79 Å². The molecular formula is C14H21NO. The van der Waals surface area contributed by atoms with Gasteiger partial charge in [0, 0.05) is 24.7 Å². The average molecular weight is 219 g/mol. The van der Waals surface area contributed by atoms with E-state index >= 15 is 0 Å². The highest BCUT2D eigenvalue weighted by atomic mass is 16.1. The summed E-state index contributed by atoms with van der Waals surface area (Å²) in [5, 5.41) is 0. The van der Waals surface area contributed by atoms with E-state index in [1.165, 1.54) is 32.1 Å². The van der Waals surface area contributed by atoms with Crippen molar-refractivity contribution in [1.82, 2.24) is 4.90 Å². The zero-order valence-corrected chi connectivity index (χ0v) is 10.1. The Hall–Kier alpha value is -0.790.